The molecule has 1 N–H and O–H groups in total. The molecule has 1 saturated heterocycles. The third kappa shape index (κ3) is 4.51. The molecule has 0 aliphatic carbocycles. The fourth-order valence-corrected chi connectivity index (χ4v) is 3.44. The molecule has 0 spiro atoms. The molecule has 112 valence electrons. The molecule has 0 radical (unpaired) electrons. The highest BCUT2D eigenvalue weighted by Crippen LogP contribution is 2.20. The maximum Gasteiger partial charge on any atom is 0.305 e. The lowest BCUT2D eigenvalue weighted by atomic mass is 10.1. The number of carbonyl (C=O) groups excluding carboxylic acids is 1. The van der Waals surface area contributed by atoms with E-state index in [9.17, 15) is 9.59 Å². The second kappa shape index (κ2) is 7.52. The summed E-state index contributed by atoms with van der Waals surface area (Å²) in [5.74, 6) is 0.455. The Kier molecular flexibility index (Phi) is 5.70. The minimum absolute atomic E-state index is 0.0152. The Labute approximate surface area is 132 Å². The van der Waals surface area contributed by atoms with Gasteiger partial charge in [0.15, 0.2) is 0 Å². The fraction of sp³-hybridized carbons (Fsp3) is 0.333. The Bertz CT molecular complexity index is 562. The first kappa shape index (κ1) is 15.9. The zero-order chi connectivity index (χ0) is 15.2. The molecule has 1 aromatic rings. The first-order valence-corrected chi connectivity index (χ1v) is 8.14. The Morgan fingerprint density at radius 1 is 1.43 bits per heavy atom. The SMILES string of the molecule is O=C(O)CC1CSCCN1C(=O)C=Cc1ccccc1Cl. The van der Waals surface area contributed by atoms with E-state index in [2.05, 4.69) is 0 Å². The maximum atomic E-state index is 12.3. The molecule has 1 fully saturated rings. The second-order valence-corrected chi connectivity index (χ2v) is 6.27. The highest BCUT2D eigenvalue weighted by Gasteiger charge is 2.27. The van der Waals surface area contributed by atoms with Crippen molar-refractivity contribution in [2.75, 3.05) is 18.1 Å². The quantitative estimate of drug-likeness (QED) is 0.865. The Morgan fingerprint density at radius 3 is 2.90 bits per heavy atom. The van der Waals surface area contributed by atoms with Gasteiger partial charge in [-0.05, 0) is 17.7 Å². The van der Waals surface area contributed by atoms with Crippen LogP contribution in [0, 0.1) is 0 Å². The van der Waals surface area contributed by atoms with Crippen LogP contribution in [0.5, 0.6) is 0 Å². The number of hydrogen-bond acceptors (Lipinski definition) is 3. The van der Waals surface area contributed by atoms with Crippen LogP contribution in [-0.4, -0.2) is 46.0 Å². The Hall–Kier alpha value is -1.46. The van der Waals surface area contributed by atoms with Crippen molar-refractivity contribution in [1.29, 1.82) is 0 Å². The maximum absolute atomic E-state index is 12.3. The van der Waals surface area contributed by atoms with E-state index in [1.54, 1.807) is 28.8 Å². The van der Waals surface area contributed by atoms with Crippen molar-refractivity contribution in [3.8, 4) is 0 Å². The number of nitrogens with zero attached hydrogens (tertiary/aromatic N) is 1. The summed E-state index contributed by atoms with van der Waals surface area (Å²) >= 11 is 7.71. The van der Waals surface area contributed by atoms with Gasteiger partial charge in [-0.3, -0.25) is 9.59 Å². The van der Waals surface area contributed by atoms with Crippen LogP contribution in [0.3, 0.4) is 0 Å². The number of hydrogen-bond donors (Lipinski definition) is 1. The Balaban J connectivity index is 2.07. The minimum Gasteiger partial charge on any atom is -0.481 e. The third-order valence-electron chi connectivity index (χ3n) is 3.23. The van der Waals surface area contributed by atoms with E-state index in [1.165, 1.54) is 6.08 Å². The lowest BCUT2D eigenvalue weighted by Crippen LogP contribution is -2.46. The number of carbonyl (C=O) groups is 2. The highest BCUT2D eigenvalue weighted by atomic mass is 35.5. The van der Waals surface area contributed by atoms with Gasteiger partial charge in [-0.1, -0.05) is 29.8 Å². The summed E-state index contributed by atoms with van der Waals surface area (Å²) in [6.45, 7) is 0.578. The summed E-state index contributed by atoms with van der Waals surface area (Å²) in [6, 6.07) is 7.01. The smallest absolute Gasteiger partial charge is 0.305 e. The number of amides is 1. The van der Waals surface area contributed by atoms with Crippen LogP contribution < -0.4 is 0 Å². The normalized spacial score (nSPS) is 18.9. The Morgan fingerprint density at radius 2 is 2.19 bits per heavy atom. The molecule has 1 aromatic carbocycles. The third-order valence-corrected chi connectivity index (χ3v) is 4.67. The van der Waals surface area contributed by atoms with Crippen molar-refractivity contribution in [3.63, 3.8) is 0 Å². The number of carboxylic acids is 1. The molecule has 2 rings (SSSR count). The van der Waals surface area contributed by atoms with Crippen molar-refractivity contribution in [2.45, 2.75) is 12.5 Å². The van der Waals surface area contributed by atoms with Crippen LogP contribution in [-0.2, 0) is 9.59 Å². The van der Waals surface area contributed by atoms with Crippen LogP contribution in [0.25, 0.3) is 6.08 Å². The van der Waals surface area contributed by atoms with Crippen molar-refractivity contribution in [2.24, 2.45) is 0 Å². The van der Waals surface area contributed by atoms with E-state index in [0.29, 0.717) is 17.3 Å². The number of carboxylic acid groups (broad SMARTS) is 1. The first-order chi connectivity index (χ1) is 10.1. The lowest BCUT2D eigenvalue weighted by Gasteiger charge is -2.33. The molecule has 0 bridgehead atoms. The van der Waals surface area contributed by atoms with Crippen LogP contribution in [0.1, 0.15) is 12.0 Å². The summed E-state index contributed by atoms with van der Waals surface area (Å²) in [4.78, 5) is 24.8. The van der Waals surface area contributed by atoms with Crippen LogP contribution in [0.2, 0.25) is 5.02 Å². The molecule has 1 heterocycles. The molecule has 0 saturated carbocycles. The number of thioether (sulfide) groups is 1. The highest BCUT2D eigenvalue weighted by molar-refractivity contribution is 7.99. The molecule has 1 atom stereocenters. The average Bonchev–Trinajstić information content (AvgIpc) is 2.46. The molecule has 4 nitrogen and oxygen atoms in total. The summed E-state index contributed by atoms with van der Waals surface area (Å²) in [5, 5.41) is 9.51. The number of halogens is 1. The molecule has 21 heavy (non-hydrogen) atoms. The van der Waals surface area contributed by atoms with Gasteiger partial charge in [-0.15, -0.1) is 0 Å². The number of benzene rings is 1. The lowest BCUT2D eigenvalue weighted by molar-refractivity contribution is -0.139. The van der Waals surface area contributed by atoms with E-state index in [-0.39, 0.29) is 18.4 Å². The molecule has 1 aliphatic rings. The topological polar surface area (TPSA) is 57.6 Å². The molecule has 6 heteroatoms. The summed E-state index contributed by atoms with van der Waals surface area (Å²) in [6.07, 6.45) is 3.12. The summed E-state index contributed by atoms with van der Waals surface area (Å²) in [5.41, 5.74) is 0.772. The number of rotatable bonds is 4. The molecule has 1 aliphatic heterocycles. The van der Waals surface area contributed by atoms with Crippen LogP contribution in [0.4, 0.5) is 0 Å². The second-order valence-electron chi connectivity index (χ2n) is 4.71. The van der Waals surface area contributed by atoms with Gasteiger partial charge < -0.3 is 10.0 Å². The van der Waals surface area contributed by atoms with Gasteiger partial charge in [0.25, 0.3) is 0 Å². The van der Waals surface area contributed by atoms with Crippen molar-refractivity contribution < 1.29 is 14.7 Å². The fourth-order valence-electron chi connectivity index (χ4n) is 2.18. The van der Waals surface area contributed by atoms with E-state index in [0.717, 1.165) is 11.3 Å². The predicted octanol–water partition coefficient (Wildman–Crippen LogP) is 2.77. The average molecular weight is 326 g/mol. The van der Waals surface area contributed by atoms with Gasteiger partial charge in [0.2, 0.25) is 5.91 Å². The van der Waals surface area contributed by atoms with Gasteiger partial charge in [0.1, 0.15) is 0 Å². The van der Waals surface area contributed by atoms with Gasteiger partial charge >= 0.3 is 5.97 Å². The minimum atomic E-state index is -0.879. The van der Waals surface area contributed by atoms with Crippen LogP contribution in [0.15, 0.2) is 30.3 Å². The first-order valence-electron chi connectivity index (χ1n) is 6.60. The zero-order valence-electron chi connectivity index (χ0n) is 11.4. The van der Waals surface area contributed by atoms with Crippen LogP contribution >= 0.6 is 23.4 Å². The predicted molar refractivity (Wildman–Crippen MR) is 85.6 cm³/mol. The van der Waals surface area contributed by atoms with Gasteiger partial charge in [-0.25, -0.2) is 0 Å². The standard InChI is InChI=1S/C15H16ClNO3S/c16-13-4-2-1-3-11(13)5-6-14(18)17-7-8-21-10-12(17)9-15(19)20/h1-6,12H,7-10H2,(H,19,20). The van der Waals surface area contributed by atoms with Crippen molar-refractivity contribution in [1.82, 2.24) is 4.90 Å². The molecule has 1 amide bonds. The molecule has 0 aromatic heterocycles. The van der Waals surface area contributed by atoms with Gasteiger partial charge in [0.05, 0.1) is 12.5 Å². The van der Waals surface area contributed by atoms with E-state index in [4.69, 9.17) is 16.7 Å². The van der Waals surface area contributed by atoms with E-state index < -0.39 is 5.97 Å². The van der Waals surface area contributed by atoms with Gasteiger partial charge in [-0.2, -0.15) is 11.8 Å². The molecule has 1 unspecified atom stereocenters. The van der Waals surface area contributed by atoms with Crippen molar-refractivity contribution in [3.05, 3.63) is 40.9 Å². The summed E-state index contributed by atoms with van der Waals surface area (Å²) in [7, 11) is 0. The van der Waals surface area contributed by atoms with E-state index >= 15 is 0 Å². The zero-order valence-corrected chi connectivity index (χ0v) is 12.9. The molecular formula is C15H16ClNO3S. The van der Waals surface area contributed by atoms with E-state index in [1.807, 2.05) is 18.2 Å². The van der Waals surface area contributed by atoms with Crippen molar-refractivity contribution >= 4 is 41.3 Å². The largest absolute Gasteiger partial charge is 0.481 e. The molecular weight excluding hydrogens is 310 g/mol. The summed E-state index contributed by atoms with van der Waals surface area (Å²) < 4.78 is 0. The monoisotopic (exact) mass is 325 g/mol. The van der Waals surface area contributed by atoms with Gasteiger partial charge in [0, 0.05) is 29.1 Å². The number of aliphatic carboxylic acids is 1.